The fourth-order valence-corrected chi connectivity index (χ4v) is 3.85. The summed E-state index contributed by atoms with van der Waals surface area (Å²) in [6.07, 6.45) is -0.0801. The second-order valence-electron chi connectivity index (χ2n) is 7.72. The minimum Gasteiger partial charge on any atom is -0.306 e. The summed E-state index contributed by atoms with van der Waals surface area (Å²) >= 11 is 0. The third-order valence-electron chi connectivity index (χ3n) is 5.73. The molecule has 0 spiro atoms. The Kier molecular flexibility index (Phi) is 6.59. The molecule has 0 aromatic heterocycles. The fraction of sp³-hybridized carbons (Fsp3) is 0.478. The molecule has 2 unspecified atom stereocenters. The number of alkyl halides is 3. The van der Waals surface area contributed by atoms with Crippen LogP contribution in [0, 0.1) is 5.92 Å². The molecule has 1 fully saturated rings. The monoisotopic (exact) mass is 375 g/mol. The number of hydrogen-bond acceptors (Lipinski definition) is 1. The van der Waals surface area contributed by atoms with Crippen LogP contribution in [0.4, 0.5) is 13.2 Å². The van der Waals surface area contributed by atoms with Gasteiger partial charge in [0.1, 0.15) is 0 Å². The molecule has 0 amide bonds. The molecule has 0 N–H and O–H groups in total. The average Bonchev–Trinajstić information content (AvgIpc) is 2.60. The van der Waals surface area contributed by atoms with Gasteiger partial charge in [0.25, 0.3) is 0 Å². The van der Waals surface area contributed by atoms with Crippen LogP contribution in [0.15, 0.2) is 54.6 Å². The van der Waals surface area contributed by atoms with Gasteiger partial charge in [0, 0.05) is 6.54 Å². The van der Waals surface area contributed by atoms with Gasteiger partial charge in [-0.3, -0.25) is 0 Å². The highest BCUT2D eigenvalue weighted by molar-refractivity contribution is 5.28. The molecule has 0 radical (unpaired) electrons. The van der Waals surface area contributed by atoms with E-state index in [4.69, 9.17) is 0 Å². The summed E-state index contributed by atoms with van der Waals surface area (Å²) < 4.78 is 38.8. The van der Waals surface area contributed by atoms with Gasteiger partial charge in [-0.2, -0.15) is 13.2 Å². The maximum atomic E-state index is 12.9. The molecule has 0 aliphatic heterocycles. The Morgan fingerprint density at radius 1 is 0.852 bits per heavy atom. The molecule has 0 saturated heterocycles. The van der Waals surface area contributed by atoms with Crippen molar-refractivity contribution in [2.24, 2.45) is 5.92 Å². The van der Waals surface area contributed by atoms with E-state index in [9.17, 15) is 13.2 Å². The first kappa shape index (κ1) is 19.9. The Hall–Kier alpha value is -1.81. The predicted octanol–water partition coefficient (Wildman–Crippen LogP) is 5.85. The van der Waals surface area contributed by atoms with Crippen molar-refractivity contribution >= 4 is 0 Å². The van der Waals surface area contributed by atoms with Crippen LogP contribution >= 0.6 is 0 Å². The summed E-state index contributed by atoms with van der Waals surface area (Å²) in [5, 5.41) is 0. The quantitative estimate of drug-likeness (QED) is 0.559. The van der Waals surface area contributed by atoms with Crippen molar-refractivity contribution in [2.75, 3.05) is 20.1 Å². The Morgan fingerprint density at radius 3 is 2.11 bits per heavy atom. The molecule has 0 heterocycles. The SMILES string of the molecule is CN(CCCc1ccc(C2CCC2C(F)(F)F)cc1)CCc1ccccc1. The molecule has 2 aromatic rings. The van der Waals surface area contributed by atoms with Crippen LogP contribution in [-0.2, 0) is 12.8 Å². The summed E-state index contributed by atoms with van der Waals surface area (Å²) in [6.45, 7) is 2.05. The number of hydrogen-bond donors (Lipinski definition) is 0. The van der Waals surface area contributed by atoms with E-state index in [1.54, 1.807) is 0 Å². The van der Waals surface area contributed by atoms with Crippen LogP contribution in [0.2, 0.25) is 0 Å². The van der Waals surface area contributed by atoms with Crippen LogP contribution in [0.3, 0.4) is 0 Å². The highest BCUT2D eigenvalue weighted by atomic mass is 19.4. The van der Waals surface area contributed by atoms with E-state index in [2.05, 4.69) is 36.2 Å². The number of nitrogens with zero attached hydrogens (tertiary/aromatic N) is 1. The van der Waals surface area contributed by atoms with Crippen molar-refractivity contribution in [2.45, 2.75) is 44.2 Å². The minimum atomic E-state index is -4.06. The zero-order valence-electron chi connectivity index (χ0n) is 15.9. The van der Waals surface area contributed by atoms with Gasteiger partial charge in [0.15, 0.2) is 0 Å². The van der Waals surface area contributed by atoms with Crippen LogP contribution in [0.1, 0.15) is 41.9 Å². The number of rotatable bonds is 8. The Balaban J connectivity index is 1.40. The maximum absolute atomic E-state index is 12.9. The summed E-state index contributed by atoms with van der Waals surface area (Å²) in [5.41, 5.74) is 3.40. The Morgan fingerprint density at radius 2 is 1.52 bits per heavy atom. The van der Waals surface area contributed by atoms with Crippen molar-refractivity contribution < 1.29 is 13.2 Å². The van der Waals surface area contributed by atoms with Gasteiger partial charge in [-0.1, -0.05) is 54.6 Å². The van der Waals surface area contributed by atoms with Crippen molar-refractivity contribution in [3.8, 4) is 0 Å². The van der Waals surface area contributed by atoms with Crippen LogP contribution in [-0.4, -0.2) is 31.2 Å². The van der Waals surface area contributed by atoms with Crippen molar-refractivity contribution in [1.82, 2.24) is 4.90 Å². The van der Waals surface area contributed by atoms with E-state index in [0.29, 0.717) is 6.42 Å². The zero-order valence-corrected chi connectivity index (χ0v) is 15.9. The molecular weight excluding hydrogens is 347 g/mol. The fourth-order valence-electron chi connectivity index (χ4n) is 3.85. The van der Waals surface area contributed by atoms with Gasteiger partial charge in [-0.15, -0.1) is 0 Å². The summed E-state index contributed by atoms with van der Waals surface area (Å²) in [7, 11) is 2.14. The molecule has 27 heavy (non-hydrogen) atoms. The normalized spacial score (nSPS) is 19.9. The largest absolute Gasteiger partial charge is 0.392 e. The van der Waals surface area contributed by atoms with E-state index < -0.39 is 12.1 Å². The van der Waals surface area contributed by atoms with Crippen molar-refractivity contribution in [3.05, 3.63) is 71.3 Å². The van der Waals surface area contributed by atoms with Crippen molar-refractivity contribution in [1.29, 1.82) is 0 Å². The van der Waals surface area contributed by atoms with E-state index in [1.165, 1.54) is 11.1 Å². The Labute approximate surface area is 160 Å². The third kappa shape index (κ3) is 5.58. The standard InChI is InChI=1S/C23H28F3N/c1-27(17-15-18-6-3-2-4-7-18)16-5-8-19-9-11-20(12-10-19)21-13-14-22(21)23(24,25)26/h2-4,6-7,9-12,21-22H,5,8,13-17H2,1H3. The van der Waals surface area contributed by atoms with E-state index in [1.807, 2.05) is 30.3 Å². The first-order valence-electron chi connectivity index (χ1n) is 9.81. The number of benzene rings is 2. The molecule has 146 valence electrons. The highest BCUT2D eigenvalue weighted by Gasteiger charge is 2.50. The van der Waals surface area contributed by atoms with Crippen LogP contribution < -0.4 is 0 Å². The molecule has 3 rings (SSSR count). The topological polar surface area (TPSA) is 3.24 Å². The molecular formula is C23H28F3N. The molecule has 1 aliphatic carbocycles. The maximum Gasteiger partial charge on any atom is 0.392 e. The van der Waals surface area contributed by atoms with Gasteiger partial charge in [0.05, 0.1) is 5.92 Å². The third-order valence-corrected chi connectivity index (χ3v) is 5.73. The lowest BCUT2D eigenvalue weighted by Gasteiger charge is -2.38. The van der Waals surface area contributed by atoms with E-state index in [0.717, 1.165) is 37.9 Å². The van der Waals surface area contributed by atoms with E-state index in [-0.39, 0.29) is 12.3 Å². The van der Waals surface area contributed by atoms with Gasteiger partial charge >= 0.3 is 6.18 Å². The first-order chi connectivity index (χ1) is 12.9. The average molecular weight is 375 g/mol. The lowest BCUT2D eigenvalue weighted by Crippen LogP contribution is -2.36. The van der Waals surface area contributed by atoms with Crippen molar-refractivity contribution in [3.63, 3.8) is 0 Å². The number of likely N-dealkylation sites (N-methyl/N-ethyl adjacent to an activating group) is 1. The van der Waals surface area contributed by atoms with Gasteiger partial charge in [-0.05, 0) is 68.3 Å². The number of halogens is 3. The molecule has 4 heteroatoms. The lowest BCUT2D eigenvalue weighted by molar-refractivity contribution is -0.200. The Bertz CT molecular complexity index is 694. The molecule has 2 aromatic carbocycles. The molecule has 1 nitrogen and oxygen atoms in total. The number of aryl methyl sites for hydroxylation is 1. The first-order valence-corrected chi connectivity index (χ1v) is 9.81. The predicted molar refractivity (Wildman–Crippen MR) is 104 cm³/mol. The van der Waals surface area contributed by atoms with Crippen LogP contribution in [0.5, 0.6) is 0 Å². The summed E-state index contributed by atoms with van der Waals surface area (Å²) in [6, 6.07) is 18.3. The molecule has 0 bridgehead atoms. The van der Waals surface area contributed by atoms with Crippen LogP contribution in [0.25, 0.3) is 0 Å². The van der Waals surface area contributed by atoms with Gasteiger partial charge in [-0.25, -0.2) is 0 Å². The second kappa shape index (κ2) is 8.92. The summed E-state index contributed by atoms with van der Waals surface area (Å²) in [5.74, 6) is -1.50. The smallest absolute Gasteiger partial charge is 0.306 e. The lowest BCUT2D eigenvalue weighted by atomic mass is 9.69. The molecule has 1 aliphatic rings. The van der Waals surface area contributed by atoms with Gasteiger partial charge < -0.3 is 4.90 Å². The minimum absolute atomic E-state index is 0.269. The van der Waals surface area contributed by atoms with E-state index >= 15 is 0 Å². The highest BCUT2D eigenvalue weighted by Crippen LogP contribution is 2.50. The summed E-state index contributed by atoms with van der Waals surface area (Å²) in [4.78, 5) is 2.34. The zero-order chi connectivity index (χ0) is 19.3. The second-order valence-corrected chi connectivity index (χ2v) is 7.72. The molecule has 1 saturated carbocycles. The van der Waals surface area contributed by atoms with Gasteiger partial charge in [0.2, 0.25) is 0 Å². The molecule has 2 atom stereocenters.